The van der Waals surface area contributed by atoms with E-state index in [0.29, 0.717) is 19.1 Å². The first-order chi connectivity index (χ1) is 6.77. The predicted octanol–water partition coefficient (Wildman–Crippen LogP) is 0.108. The molecule has 4 heteroatoms. The Labute approximate surface area is 84.8 Å². The van der Waals surface area contributed by atoms with Gasteiger partial charge in [-0.3, -0.25) is 4.90 Å². The first-order valence-corrected chi connectivity index (χ1v) is 5.18. The maximum Gasteiger partial charge on any atom is 0.0897 e. The molecule has 1 aliphatic carbocycles. The number of hydrogen-bond acceptors (Lipinski definition) is 4. The Hall–Kier alpha value is -0.630. The van der Waals surface area contributed by atoms with E-state index in [1.807, 2.05) is 4.90 Å². The van der Waals surface area contributed by atoms with Gasteiger partial charge in [0.05, 0.1) is 25.3 Å². The van der Waals surface area contributed by atoms with E-state index < -0.39 is 6.10 Å². The van der Waals surface area contributed by atoms with Crippen LogP contribution in [0.25, 0.3) is 0 Å². The van der Waals surface area contributed by atoms with Crippen LogP contribution in [-0.4, -0.2) is 47.0 Å². The summed E-state index contributed by atoms with van der Waals surface area (Å²) in [6, 6.07) is 2.53. The van der Waals surface area contributed by atoms with E-state index in [9.17, 15) is 5.11 Å². The molecule has 1 unspecified atom stereocenters. The molecule has 0 aromatic rings. The topological polar surface area (TPSA) is 67.5 Å². The van der Waals surface area contributed by atoms with E-state index in [0.717, 1.165) is 12.8 Å². The van der Waals surface area contributed by atoms with Gasteiger partial charge in [-0.1, -0.05) is 12.8 Å². The van der Waals surface area contributed by atoms with E-state index in [2.05, 4.69) is 6.07 Å². The Kier molecular flexibility index (Phi) is 4.88. The number of aliphatic hydroxyl groups is 2. The first kappa shape index (κ1) is 11.4. The SMILES string of the molecule is N#CCN(CC(O)CO)C1CCCC1. The van der Waals surface area contributed by atoms with Gasteiger partial charge in [0, 0.05) is 12.6 Å². The second-order valence-electron chi connectivity index (χ2n) is 3.86. The molecule has 0 spiro atoms. The third-order valence-corrected chi connectivity index (χ3v) is 2.77. The quantitative estimate of drug-likeness (QED) is 0.615. The minimum atomic E-state index is -0.719. The zero-order valence-electron chi connectivity index (χ0n) is 8.39. The number of rotatable bonds is 5. The minimum Gasteiger partial charge on any atom is -0.394 e. The monoisotopic (exact) mass is 198 g/mol. The maximum atomic E-state index is 9.31. The third-order valence-electron chi connectivity index (χ3n) is 2.77. The summed E-state index contributed by atoms with van der Waals surface area (Å²) in [6.07, 6.45) is 3.92. The van der Waals surface area contributed by atoms with Crippen molar-refractivity contribution in [3.63, 3.8) is 0 Å². The summed E-state index contributed by atoms with van der Waals surface area (Å²) in [6.45, 7) is 0.533. The Morgan fingerprint density at radius 3 is 2.57 bits per heavy atom. The molecule has 0 heterocycles. The smallest absolute Gasteiger partial charge is 0.0897 e. The summed E-state index contributed by atoms with van der Waals surface area (Å²) in [7, 11) is 0. The number of nitrogens with zero attached hydrogens (tertiary/aromatic N) is 2. The van der Waals surface area contributed by atoms with E-state index in [1.165, 1.54) is 12.8 Å². The number of hydrogen-bond donors (Lipinski definition) is 2. The molecule has 0 aromatic heterocycles. The van der Waals surface area contributed by atoms with Crippen molar-refractivity contribution >= 4 is 0 Å². The standard InChI is InChI=1S/C10H18N2O2/c11-5-6-12(7-10(14)8-13)9-3-1-2-4-9/h9-10,13-14H,1-4,6-8H2. The van der Waals surface area contributed by atoms with Crippen LogP contribution in [0.4, 0.5) is 0 Å². The van der Waals surface area contributed by atoms with E-state index >= 15 is 0 Å². The van der Waals surface area contributed by atoms with Crippen LogP contribution >= 0.6 is 0 Å². The molecule has 0 radical (unpaired) electrons. The molecule has 1 aliphatic rings. The molecule has 0 amide bonds. The summed E-state index contributed by atoms with van der Waals surface area (Å²) >= 11 is 0. The summed E-state index contributed by atoms with van der Waals surface area (Å²) in [5, 5.41) is 26.7. The fourth-order valence-electron chi connectivity index (χ4n) is 2.03. The zero-order valence-corrected chi connectivity index (χ0v) is 8.39. The molecular weight excluding hydrogens is 180 g/mol. The Morgan fingerprint density at radius 1 is 1.43 bits per heavy atom. The van der Waals surface area contributed by atoms with Crippen molar-refractivity contribution in [2.45, 2.75) is 37.8 Å². The largest absolute Gasteiger partial charge is 0.394 e. The van der Waals surface area contributed by atoms with Gasteiger partial charge in [-0.2, -0.15) is 5.26 Å². The second kappa shape index (κ2) is 5.97. The lowest BCUT2D eigenvalue weighted by molar-refractivity contribution is 0.0503. The molecule has 4 nitrogen and oxygen atoms in total. The minimum absolute atomic E-state index is 0.228. The molecule has 80 valence electrons. The van der Waals surface area contributed by atoms with Crippen LogP contribution in [0.2, 0.25) is 0 Å². The van der Waals surface area contributed by atoms with Crippen molar-refractivity contribution < 1.29 is 10.2 Å². The van der Waals surface area contributed by atoms with Crippen LogP contribution in [0, 0.1) is 11.3 Å². The van der Waals surface area contributed by atoms with E-state index in [1.54, 1.807) is 0 Å². The second-order valence-corrected chi connectivity index (χ2v) is 3.86. The van der Waals surface area contributed by atoms with Crippen LogP contribution in [-0.2, 0) is 0 Å². The number of aliphatic hydroxyl groups excluding tert-OH is 2. The van der Waals surface area contributed by atoms with Gasteiger partial charge in [-0.25, -0.2) is 0 Å². The van der Waals surface area contributed by atoms with Crippen molar-refractivity contribution in [2.24, 2.45) is 0 Å². The lowest BCUT2D eigenvalue weighted by Gasteiger charge is -2.27. The van der Waals surface area contributed by atoms with Crippen molar-refractivity contribution in [3.05, 3.63) is 0 Å². The van der Waals surface area contributed by atoms with Crippen LogP contribution in [0.3, 0.4) is 0 Å². The lowest BCUT2D eigenvalue weighted by Crippen LogP contribution is -2.40. The van der Waals surface area contributed by atoms with Gasteiger partial charge < -0.3 is 10.2 Å². The molecule has 2 N–H and O–H groups in total. The highest BCUT2D eigenvalue weighted by Gasteiger charge is 2.23. The van der Waals surface area contributed by atoms with Gasteiger partial charge in [0.25, 0.3) is 0 Å². The Bertz CT molecular complexity index is 197. The van der Waals surface area contributed by atoms with E-state index in [4.69, 9.17) is 10.4 Å². The van der Waals surface area contributed by atoms with Crippen LogP contribution in [0.15, 0.2) is 0 Å². The van der Waals surface area contributed by atoms with Crippen molar-refractivity contribution in [2.75, 3.05) is 19.7 Å². The van der Waals surface area contributed by atoms with E-state index in [-0.39, 0.29) is 6.61 Å². The van der Waals surface area contributed by atoms with Gasteiger partial charge in [-0.05, 0) is 12.8 Å². The Balaban J connectivity index is 2.41. The first-order valence-electron chi connectivity index (χ1n) is 5.18. The molecule has 0 aromatic carbocycles. The van der Waals surface area contributed by atoms with Crippen molar-refractivity contribution in [3.8, 4) is 6.07 Å². The average molecular weight is 198 g/mol. The molecule has 0 bridgehead atoms. The highest BCUT2D eigenvalue weighted by atomic mass is 16.3. The van der Waals surface area contributed by atoms with Gasteiger partial charge >= 0.3 is 0 Å². The Morgan fingerprint density at radius 2 is 2.07 bits per heavy atom. The van der Waals surface area contributed by atoms with Gasteiger partial charge in [-0.15, -0.1) is 0 Å². The van der Waals surface area contributed by atoms with Gasteiger partial charge in [0.1, 0.15) is 0 Å². The summed E-state index contributed by atoms with van der Waals surface area (Å²) in [5.74, 6) is 0. The fourth-order valence-corrected chi connectivity index (χ4v) is 2.03. The van der Waals surface area contributed by atoms with Gasteiger partial charge in [0.2, 0.25) is 0 Å². The average Bonchev–Trinajstić information content (AvgIpc) is 2.69. The third kappa shape index (κ3) is 3.26. The molecule has 14 heavy (non-hydrogen) atoms. The van der Waals surface area contributed by atoms with Crippen LogP contribution < -0.4 is 0 Å². The molecule has 1 atom stereocenters. The van der Waals surface area contributed by atoms with Crippen LogP contribution in [0.5, 0.6) is 0 Å². The lowest BCUT2D eigenvalue weighted by atomic mass is 10.2. The highest BCUT2D eigenvalue weighted by molar-refractivity contribution is 4.85. The predicted molar refractivity (Wildman–Crippen MR) is 52.5 cm³/mol. The molecule has 1 rings (SSSR count). The normalized spacial score (nSPS) is 19.9. The molecule has 1 saturated carbocycles. The maximum absolute atomic E-state index is 9.31. The summed E-state index contributed by atoms with van der Waals surface area (Å²) in [4.78, 5) is 1.98. The zero-order chi connectivity index (χ0) is 10.4. The summed E-state index contributed by atoms with van der Waals surface area (Å²) < 4.78 is 0. The van der Waals surface area contributed by atoms with Gasteiger partial charge in [0.15, 0.2) is 0 Å². The van der Waals surface area contributed by atoms with Crippen LogP contribution in [0.1, 0.15) is 25.7 Å². The highest BCUT2D eigenvalue weighted by Crippen LogP contribution is 2.23. The summed E-state index contributed by atoms with van der Waals surface area (Å²) in [5.41, 5.74) is 0. The molecular formula is C10H18N2O2. The molecule has 1 fully saturated rings. The number of nitriles is 1. The molecule has 0 aliphatic heterocycles. The fraction of sp³-hybridized carbons (Fsp3) is 0.900. The van der Waals surface area contributed by atoms with Crippen molar-refractivity contribution in [1.29, 1.82) is 5.26 Å². The van der Waals surface area contributed by atoms with Crippen molar-refractivity contribution in [1.82, 2.24) is 4.90 Å². The molecule has 0 saturated heterocycles.